The van der Waals surface area contributed by atoms with E-state index in [0.29, 0.717) is 5.75 Å². The number of hydrogen-bond acceptors (Lipinski definition) is 5. The van der Waals surface area contributed by atoms with Crippen LogP contribution in [0, 0.1) is 11.8 Å². The van der Waals surface area contributed by atoms with Crippen LogP contribution in [-0.4, -0.2) is 24.6 Å². The standard InChI is InChI=1S/C35H52N2O5S/c1-4-5-6-7-8-9-10-11-12-13-14-15-16-17-21-24-31-34(28(2)3)35(38)37(36-31)29-25-26-32(33(27-29)43(39,40)41)42-30-22-19-18-20-23-30/h18-20,22-23,25-28,34H,4-17,21,24H2,1-3H3,(H,39,40,41)/t34-/m1/s1. The van der Waals surface area contributed by atoms with Crippen LogP contribution in [0.25, 0.3) is 0 Å². The molecular weight excluding hydrogens is 560 g/mol. The second kappa shape index (κ2) is 18.2. The number of anilines is 1. The van der Waals surface area contributed by atoms with Crippen LogP contribution in [0.3, 0.4) is 0 Å². The van der Waals surface area contributed by atoms with E-state index in [1.54, 1.807) is 30.3 Å². The van der Waals surface area contributed by atoms with Gasteiger partial charge in [0.25, 0.3) is 16.0 Å². The number of hydrazone groups is 1. The predicted molar refractivity (Wildman–Crippen MR) is 176 cm³/mol. The van der Waals surface area contributed by atoms with Crippen molar-refractivity contribution in [2.75, 3.05) is 5.01 Å². The molecule has 0 fully saturated rings. The molecule has 7 nitrogen and oxygen atoms in total. The topological polar surface area (TPSA) is 96.3 Å². The Kier molecular flexibility index (Phi) is 14.7. The second-order valence-electron chi connectivity index (χ2n) is 12.2. The maximum atomic E-state index is 13.4. The normalized spacial score (nSPS) is 15.4. The molecule has 2 aromatic carbocycles. The van der Waals surface area contributed by atoms with Gasteiger partial charge >= 0.3 is 0 Å². The van der Waals surface area contributed by atoms with E-state index in [-0.39, 0.29) is 29.2 Å². The van der Waals surface area contributed by atoms with Gasteiger partial charge in [0.1, 0.15) is 16.4 Å². The van der Waals surface area contributed by atoms with Crippen molar-refractivity contribution in [1.29, 1.82) is 0 Å². The molecule has 0 spiro atoms. The van der Waals surface area contributed by atoms with Crippen molar-refractivity contribution in [3.05, 3.63) is 48.5 Å². The lowest BCUT2D eigenvalue weighted by Crippen LogP contribution is -2.31. The minimum atomic E-state index is -4.62. The van der Waals surface area contributed by atoms with Crippen LogP contribution in [0.15, 0.2) is 58.5 Å². The molecule has 1 aliphatic rings. The van der Waals surface area contributed by atoms with Gasteiger partial charge in [-0.1, -0.05) is 129 Å². The van der Waals surface area contributed by atoms with Gasteiger partial charge in [0.2, 0.25) is 0 Å². The number of hydrogen-bond donors (Lipinski definition) is 1. The van der Waals surface area contributed by atoms with Gasteiger partial charge in [-0.25, -0.2) is 5.01 Å². The van der Waals surface area contributed by atoms with E-state index in [1.165, 1.54) is 101 Å². The van der Waals surface area contributed by atoms with E-state index in [2.05, 4.69) is 12.0 Å². The summed E-state index contributed by atoms with van der Waals surface area (Å²) in [6.07, 6.45) is 20.2. The quantitative estimate of drug-likeness (QED) is 0.112. The van der Waals surface area contributed by atoms with Crippen molar-refractivity contribution < 1.29 is 22.5 Å². The molecule has 1 aliphatic heterocycles. The van der Waals surface area contributed by atoms with Crippen LogP contribution < -0.4 is 9.75 Å². The molecular formula is C35H52N2O5S. The highest BCUT2D eigenvalue weighted by molar-refractivity contribution is 7.86. The molecule has 0 bridgehead atoms. The fraction of sp³-hybridized carbons (Fsp3) is 0.600. The van der Waals surface area contributed by atoms with Gasteiger partial charge in [0.05, 0.1) is 17.3 Å². The number of rotatable bonds is 21. The lowest BCUT2D eigenvalue weighted by atomic mass is 9.88. The highest BCUT2D eigenvalue weighted by atomic mass is 32.2. The average Bonchev–Trinajstić information content (AvgIpc) is 3.31. The predicted octanol–water partition coefficient (Wildman–Crippen LogP) is 9.96. The average molecular weight is 613 g/mol. The lowest BCUT2D eigenvalue weighted by Gasteiger charge is -2.18. The Morgan fingerprint density at radius 3 is 1.86 bits per heavy atom. The molecule has 238 valence electrons. The van der Waals surface area contributed by atoms with E-state index in [4.69, 9.17) is 4.74 Å². The first-order chi connectivity index (χ1) is 20.7. The van der Waals surface area contributed by atoms with Crippen molar-refractivity contribution in [2.24, 2.45) is 16.9 Å². The SMILES string of the molecule is CCCCCCCCCCCCCCCCCC1=NN(c2ccc(Oc3ccccc3)c(S(=O)(=O)O)c2)C(=O)[C@@H]1C(C)C. The van der Waals surface area contributed by atoms with E-state index in [0.717, 1.165) is 25.0 Å². The van der Waals surface area contributed by atoms with Gasteiger partial charge in [-0.2, -0.15) is 13.5 Å². The fourth-order valence-corrected chi connectivity index (χ4v) is 6.42. The minimum Gasteiger partial charge on any atom is -0.456 e. The van der Waals surface area contributed by atoms with Gasteiger partial charge in [0.15, 0.2) is 0 Å². The fourth-order valence-electron chi connectivity index (χ4n) is 5.78. The van der Waals surface area contributed by atoms with Gasteiger partial charge in [0, 0.05) is 0 Å². The summed E-state index contributed by atoms with van der Waals surface area (Å²) in [4.78, 5) is 13.0. The number of unbranched alkanes of at least 4 members (excludes halogenated alkanes) is 14. The number of nitrogens with zero attached hydrogens (tertiary/aromatic N) is 2. The Balaban J connectivity index is 1.48. The molecule has 1 N–H and O–H groups in total. The van der Waals surface area contributed by atoms with Crippen LogP contribution in [-0.2, 0) is 14.9 Å². The maximum Gasteiger partial charge on any atom is 0.298 e. The van der Waals surface area contributed by atoms with Crippen LogP contribution in [0.5, 0.6) is 11.5 Å². The number of amides is 1. The van der Waals surface area contributed by atoms with E-state index in [1.807, 2.05) is 19.9 Å². The summed E-state index contributed by atoms with van der Waals surface area (Å²) in [5.41, 5.74) is 1.13. The first-order valence-electron chi connectivity index (χ1n) is 16.5. The van der Waals surface area contributed by atoms with Gasteiger partial charge in [-0.15, -0.1) is 0 Å². The Morgan fingerprint density at radius 2 is 1.35 bits per heavy atom. The molecule has 0 aliphatic carbocycles. The monoisotopic (exact) mass is 612 g/mol. The first-order valence-corrected chi connectivity index (χ1v) is 17.9. The third kappa shape index (κ3) is 11.4. The molecule has 8 heteroatoms. The molecule has 0 saturated carbocycles. The summed E-state index contributed by atoms with van der Waals surface area (Å²) < 4.78 is 40.1. The highest BCUT2D eigenvalue weighted by Crippen LogP contribution is 2.36. The summed E-state index contributed by atoms with van der Waals surface area (Å²) in [7, 11) is -4.62. The van der Waals surface area contributed by atoms with Gasteiger partial charge < -0.3 is 4.74 Å². The Hall–Kier alpha value is -2.71. The van der Waals surface area contributed by atoms with Crippen molar-refractivity contribution in [2.45, 2.75) is 128 Å². The Labute approximate surface area is 259 Å². The van der Waals surface area contributed by atoms with Crippen LogP contribution in [0.4, 0.5) is 5.69 Å². The number of benzene rings is 2. The number of carbonyl (C=O) groups is 1. The number of ether oxygens (including phenoxy) is 1. The second-order valence-corrected chi connectivity index (χ2v) is 13.6. The summed E-state index contributed by atoms with van der Waals surface area (Å²) in [6, 6.07) is 13.0. The van der Waals surface area contributed by atoms with Crippen molar-refractivity contribution in [3.8, 4) is 11.5 Å². The zero-order valence-electron chi connectivity index (χ0n) is 26.5. The molecule has 0 aromatic heterocycles. The smallest absolute Gasteiger partial charge is 0.298 e. The molecule has 0 saturated heterocycles. The zero-order valence-corrected chi connectivity index (χ0v) is 27.3. The third-order valence-corrected chi connectivity index (χ3v) is 9.06. The molecule has 1 atom stereocenters. The van der Waals surface area contributed by atoms with Crippen LogP contribution in [0.1, 0.15) is 124 Å². The Bertz CT molecular complexity index is 1260. The molecule has 0 unspecified atom stereocenters. The van der Waals surface area contributed by atoms with Crippen molar-refractivity contribution in [1.82, 2.24) is 0 Å². The van der Waals surface area contributed by atoms with E-state index in [9.17, 15) is 17.8 Å². The first kappa shape index (κ1) is 34.8. The van der Waals surface area contributed by atoms with Crippen LogP contribution in [0.2, 0.25) is 0 Å². The molecule has 1 heterocycles. The van der Waals surface area contributed by atoms with Gasteiger partial charge in [-0.3, -0.25) is 9.35 Å². The molecule has 0 radical (unpaired) electrons. The summed E-state index contributed by atoms with van der Waals surface area (Å²) in [6.45, 7) is 6.28. The molecule has 1 amide bonds. The van der Waals surface area contributed by atoms with E-state index < -0.39 is 15.0 Å². The molecule has 3 rings (SSSR count). The summed E-state index contributed by atoms with van der Waals surface area (Å²) in [5.74, 6) is -0.0491. The zero-order chi connectivity index (χ0) is 31.1. The lowest BCUT2D eigenvalue weighted by molar-refractivity contribution is -0.120. The summed E-state index contributed by atoms with van der Waals surface area (Å²) in [5, 5.41) is 5.95. The number of para-hydroxylation sites is 1. The van der Waals surface area contributed by atoms with Crippen molar-refractivity contribution >= 4 is 27.4 Å². The summed E-state index contributed by atoms with van der Waals surface area (Å²) >= 11 is 0. The van der Waals surface area contributed by atoms with E-state index >= 15 is 0 Å². The molecule has 43 heavy (non-hydrogen) atoms. The molecule has 2 aromatic rings. The maximum absolute atomic E-state index is 13.4. The number of carbonyl (C=O) groups excluding carboxylic acids is 1. The van der Waals surface area contributed by atoms with Crippen LogP contribution >= 0.6 is 0 Å². The van der Waals surface area contributed by atoms with Crippen molar-refractivity contribution in [3.63, 3.8) is 0 Å². The third-order valence-electron chi connectivity index (χ3n) is 8.19. The Morgan fingerprint density at radius 1 is 0.814 bits per heavy atom. The van der Waals surface area contributed by atoms with Gasteiger partial charge in [-0.05, 0) is 49.1 Å². The largest absolute Gasteiger partial charge is 0.456 e. The minimum absolute atomic E-state index is 0.0217. The highest BCUT2D eigenvalue weighted by Gasteiger charge is 2.38.